The fourth-order valence-corrected chi connectivity index (χ4v) is 3.64. The molecule has 2 heterocycles. The van der Waals surface area contributed by atoms with Crippen LogP contribution in [0.2, 0.25) is 0 Å². The second-order valence-corrected chi connectivity index (χ2v) is 6.31. The van der Waals surface area contributed by atoms with Crippen molar-refractivity contribution in [3.8, 4) is 0 Å². The van der Waals surface area contributed by atoms with Crippen LogP contribution in [0.15, 0.2) is 23.0 Å². The van der Waals surface area contributed by atoms with Crippen LogP contribution in [0.5, 0.6) is 0 Å². The summed E-state index contributed by atoms with van der Waals surface area (Å²) in [5, 5.41) is 0. The Bertz CT molecular complexity index is 433. The maximum absolute atomic E-state index is 12.2. The number of carbonyl (C=O) groups excluding carboxylic acids is 1. The minimum Gasteiger partial charge on any atom is -0.472 e. The molecule has 18 heavy (non-hydrogen) atoms. The van der Waals surface area contributed by atoms with Gasteiger partial charge in [0, 0.05) is 5.56 Å². The van der Waals surface area contributed by atoms with Crippen molar-refractivity contribution in [3.63, 3.8) is 0 Å². The molecule has 3 atom stereocenters. The molecule has 3 nitrogen and oxygen atoms in total. The van der Waals surface area contributed by atoms with E-state index in [4.69, 9.17) is 9.15 Å². The van der Waals surface area contributed by atoms with Gasteiger partial charge in [0.15, 0.2) is 0 Å². The first-order valence-corrected chi connectivity index (χ1v) is 6.80. The molecule has 1 aliphatic heterocycles. The van der Waals surface area contributed by atoms with Crippen molar-refractivity contribution in [2.24, 2.45) is 17.3 Å². The summed E-state index contributed by atoms with van der Waals surface area (Å²) in [5.74, 6) is 0.537. The number of esters is 1. The molecule has 1 saturated carbocycles. The Morgan fingerprint density at radius 3 is 2.94 bits per heavy atom. The molecular formula is C15H20O3. The molecule has 0 amide bonds. The van der Waals surface area contributed by atoms with Gasteiger partial charge in [0.05, 0.1) is 18.4 Å². The molecule has 2 fully saturated rings. The van der Waals surface area contributed by atoms with Gasteiger partial charge in [0.1, 0.15) is 6.10 Å². The Balaban J connectivity index is 1.86. The van der Waals surface area contributed by atoms with Crippen molar-refractivity contribution in [3.05, 3.63) is 24.2 Å². The van der Waals surface area contributed by atoms with E-state index in [2.05, 4.69) is 13.8 Å². The summed E-state index contributed by atoms with van der Waals surface area (Å²) in [4.78, 5) is 12.2. The number of hydrogen-bond donors (Lipinski definition) is 0. The molecule has 2 aliphatic rings. The molecule has 1 saturated heterocycles. The highest BCUT2D eigenvalue weighted by Crippen LogP contribution is 2.51. The van der Waals surface area contributed by atoms with Crippen molar-refractivity contribution in [2.75, 3.05) is 0 Å². The molecular weight excluding hydrogens is 228 g/mol. The second kappa shape index (κ2) is 4.15. The number of fused-ring (bicyclic) bond motifs is 1. The highest BCUT2D eigenvalue weighted by molar-refractivity contribution is 5.74. The quantitative estimate of drug-likeness (QED) is 0.711. The molecule has 0 bridgehead atoms. The lowest BCUT2D eigenvalue weighted by molar-refractivity contribution is -0.174. The summed E-state index contributed by atoms with van der Waals surface area (Å²) in [7, 11) is 0. The zero-order valence-corrected chi connectivity index (χ0v) is 11.0. The van der Waals surface area contributed by atoms with E-state index < -0.39 is 0 Å². The smallest absolute Gasteiger partial charge is 0.309 e. The van der Waals surface area contributed by atoms with Gasteiger partial charge in [0.2, 0.25) is 0 Å². The monoisotopic (exact) mass is 248 g/mol. The average Bonchev–Trinajstić information content (AvgIpc) is 2.83. The van der Waals surface area contributed by atoms with Crippen LogP contribution < -0.4 is 0 Å². The standard InChI is InChI=1S/C15H20O3/c1-15(2)6-3-4-11-12(15)8-13(18-14(11)16)10-5-7-17-9-10/h5,7,9,11-13H,3-4,6,8H2,1-2H3/t11-,12+,13-/m1/s1. The number of rotatable bonds is 1. The van der Waals surface area contributed by atoms with Crippen molar-refractivity contribution >= 4 is 5.97 Å². The Hall–Kier alpha value is -1.25. The topological polar surface area (TPSA) is 39.4 Å². The summed E-state index contributed by atoms with van der Waals surface area (Å²) >= 11 is 0. The van der Waals surface area contributed by atoms with Gasteiger partial charge in [-0.2, -0.15) is 0 Å². The number of ether oxygens (including phenoxy) is 1. The summed E-state index contributed by atoms with van der Waals surface area (Å²) in [6.45, 7) is 4.57. The van der Waals surface area contributed by atoms with Crippen LogP contribution >= 0.6 is 0 Å². The van der Waals surface area contributed by atoms with Gasteiger partial charge in [0.25, 0.3) is 0 Å². The van der Waals surface area contributed by atoms with Crippen LogP contribution in [0.3, 0.4) is 0 Å². The van der Waals surface area contributed by atoms with Crippen LogP contribution in [0.25, 0.3) is 0 Å². The Morgan fingerprint density at radius 2 is 2.22 bits per heavy atom. The van der Waals surface area contributed by atoms with Crippen LogP contribution in [-0.2, 0) is 9.53 Å². The van der Waals surface area contributed by atoms with Crippen LogP contribution in [-0.4, -0.2) is 5.97 Å². The second-order valence-electron chi connectivity index (χ2n) is 6.31. The number of cyclic esters (lactones) is 1. The molecule has 0 unspecified atom stereocenters. The average molecular weight is 248 g/mol. The van der Waals surface area contributed by atoms with Gasteiger partial charge in [-0.15, -0.1) is 0 Å². The molecule has 0 spiro atoms. The maximum Gasteiger partial charge on any atom is 0.309 e. The van der Waals surface area contributed by atoms with Crippen molar-refractivity contribution in [2.45, 2.75) is 45.6 Å². The Kier molecular flexibility index (Phi) is 2.72. The lowest BCUT2D eigenvalue weighted by atomic mass is 9.61. The molecule has 0 radical (unpaired) electrons. The fraction of sp³-hybridized carbons (Fsp3) is 0.667. The van der Waals surface area contributed by atoms with Gasteiger partial charge in [-0.3, -0.25) is 4.79 Å². The highest BCUT2D eigenvalue weighted by Gasteiger charge is 2.48. The first-order valence-electron chi connectivity index (χ1n) is 6.80. The largest absolute Gasteiger partial charge is 0.472 e. The van der Waals surface area contributed by atoms with E-state index in [9.17, 15) is 4.79 Å². The van der Waals surface area contributed by atoms with Gasteiger partial charge >= 0.3 is 5.97 Å². The van der Waals surface area contributed by atoms with Crippen molar-refractivity contribution in [1.29, 1.82) is 0 Å². The highest BCUT2D eigenvalue weighted by atomic mass is 16.5. The molecule has 3 heteroatoms. The zero-order valence-electron chi connectivity index (χ0n) is 11.0. The third kappa shape index (κ3) is 1.86. The van der Waals surface area contributed by atoms with E-state index in [0.29, 0.717) is 5.92 Å². The Labute approximate surface area is 108 Å². The lowest BCUT2D eigenvalue weighted by Gasteiger charge is -2.47. The first kappa shape index (κ1) is 11.8. The molecule has 3 rings (SSSR count). The molecule has 0 N–H and O–H groups in total. The van der Waals surface area contributed by atoms with Gasteiger partial charge < -0.3 is 9.15 Å². The van der Waals surface area contributed by atoms with E-state index in [1.165, 1.54) is 6.42 Å². The van der Waals surface area contributed by atoms with E-state index in [0.717, 1.165) is 24.8 Å². The van der Waals surface area contributed by atoms with Crippen LogP contribution in [0, 0.1) is 17.3 Å². The summed E-state index contributed by atoms with van der Waals surface area (Å²) < 4.78 is 10.7. The Morgan fingerprint density at radius 1 is 1.39 bits per heavy atom. The van der Waals surface area contributed by atoms with Gasteiger partial charge in [-0.25, -0.2) is 0 Å². The summed E-state index contributed by atoms with van der Waals surface area (Å²) in [6.07, 6.45) is 7.48. The van der Waals surface area contributed by atoms with Crippen LogP contribution in [0.1, 0.15) is 51.2 Å². The maximum atomic E-state index is 12.2. The fourth-order valence-electron chi connectivity index (χ4n) is 3.64. The molecule has 98 valence electrons. The number of carbonyl (C=O) groups is 1. The van der Waals surface area contributed by atoms with Crippen molar-refractivity contribution in [1.82, 2.24) is 0 Å². The van der Waals surface area contributed by atoms with Crippen LogP contribution in [0.4, 0.5) is 0 Å². The third-order valence-electron chi connectivity index (χ3n) is 4.77. The van der Waals surface area contributed by atoms with Gasteiger partial charge in [-0.1, -0.05) is 20.3 Å². The van der Waals surface area contributed by atoms with E-state index >= 15 is 0 Å². The molecule has 1 aromatic heterocycles. The van der Waals surface area contributed by atoms with E-state index in [-0.39, 0.29) is 23.4 Å². The van der Waals surface area contributed by atoms with E-state index in [1.54, 1.807) is 12.5 Å². The number of furan rings is 1. The SMILES string of the molecule is CC1(C)CCC[C@H]2C(=O)O[C@@H](c3ccoc3)C[C@@H]21. The zero-order chi connectivity index (χ0) is 12.8. The first-order chi connectivity index (χ1) is 8.58. The summed E-state index contributed by atoms with van der Waals surface area (Å²) in [6, 6.07) is 1.90. The third-order valence-corrected chi connectivity index (χ3v) is 4.77. The predicted molar refractivity (Wildman–Crippen MR) is 66.8 cm³/mol. The predicted octanol–water partition coefficient (Wildman–Crippen LogP) is 3.71. The van der Waals surface area contributed by atoms with Gasteiger partial charge in [-0.05, 0) is 36.7 Å². The minimum absolute atomic E-state index is 0.00905. The normalized spacial score (nSPS) is 34.8. The number of hydrogen-bond acceptors (Lipinski definition) is 3. The minimum atomic E-state index is -0.116. The molecule has 1 aliphatic carbocycles. The molecule has 0 aromatic carbocycles. The molecule has 1 aromatic rings. The summed E-state index contributed by atoms with van der Waals surface area (Å²) in [5.41, 5.74) is 1.23. The van der Waals surface area contributed by atoms with E-state index in [1.807, 2.05) is 6.07 Å². The lowest BCUT2D eigenvalue weighted by Crippen LogP contribution is -2.44. The van der Waals surface area contributed by atoms with Crippen molar-refractivity contribution < 1.29 is 13.9 Å².